The number of hydrogen-bond donors (Lipinski definition) is 0. The standard InChI is InChI=1S/C26H21F3N2O3/c1-32-23-13-11-21-24(30-23)25(15-33-21)17-6-2-4-8-19(17)31(20-9-5-3-7-18(20)25)14-16-10-12-22(34-16)26(27,28)29/h2-9,11-13,16H,10,14-15H2,1H3. The van der Waals surface area contributed by atoms with Gasteiger partial charge in [-0.05, 0) is 35.4 Å². The molecule has 1 spiro atoms. The number of halogens is 3. The molecule has 3 aromatic rings. The van der Waals surface area contributed by atoms with Crippen molar-refractivity contribution in [3.05, 3.63) is 89.3 Å². The molecule has 8 heteroatoms. The number of alkyl halides is 3. The molecule has 174 valence electrons. The van der Waals surface area contributed by atoms with Crippen molar-refractivity contribution in [2.24, 2.45) is 0 Å². The monoisotopic (exact) mass is 466 g/mol. The predicted molar refractivity (Wildman–Crippen MR) is 120 cm³/mol. The van der Waals surface area contributed by atoms with E-state index in [-0.39, 0.29) is 13.0 Å². The molecule has 4 heterocycles. The average Bonchev–Trinajstić information content (AvgIpc) is 3.47. The van der Waals surface area contributed by atoms with Gasteiger partial charge < -0.3 is 19.1 Å². The summed E-state index contributed by atoms with van der Waals surface area (Å²) in [5.41, 5.74) is 3.85. The van der Waals surface area contributed by atoms with Gasteiger partial charge >= 0.3 is 6.18 Å². The zero-order valence-corrected chi connectivity index (χ0v) is 18.3. The van der Waals surface area contributed by atoms with Gasteiger partial charge in [-0.15, -0.1) is 0 Å². The average molecular weight is 466 g/mol. The van der Waals surface area contributed by atoms with Crippen LogP contribution in [0.3, 0.4) is 0 Å². The number of hydrogen-bond acceptors (Lipinski definition) is 5. The van der Waals surface area contributed by atoms with Gasteiger partial charge in [-0.25, -0.2) is 4.98 Å². The van der Waals surface area contributed by atoms with Gasteiger partial charge in [0.05, 0.1) is 13.7 Å². The molecular formula is C26H21F3N2O3. The van der Waals surface area contributed by atoms with Crippen molar-refractivity contribution in [1.82, 2.24) is 4.98 Å². The van der Waals surface area contributed by atoms with E-state index in [9.17, 15) is 13.2 Å². The quantitative estimate of drug-likeness (QED) is 0.510. The zero-order valence-electron chi connectivity index (χ0n) is 18.3. The Kier molecular flexibility index (Phi) is 4.56. The summed E-state index contributed by atoms with van der Waals surface area (Å²) in [6.45, 7) is 0.642. The maximum atomic E-state index is 13.2. The highest BCUT2D eigenvalue weighted by Crippen LogP contribution is 2.56. The van der Waals surface area contributed by atoms with Gasteiger partial charge in [-0.2, -0.15) is 13.2 Å². The van der Waals surface area contributed by atoms with Crippen LogP contribution in [0.2, 0.25) is 0 Å². The highest BCUT2D eigenvalue weighted by atomic mass is 19.4. The van der Waals surface area contributed by atoms with Crippen LogP contribution in [0.25, 0.3) is 0 Å². The van der Waals surface area contributed by atoms with Crippen molar-refractivity contribution >= 4 is 11.4 Å². The van der Waals surface area contributed by atoms with E-state index >= 15 is 0 Å². The Labute approximate surface area is 194 Å². The molecule has 0 bridgehead atoms. The summed E-state index contributed by atoms with van der Waals surface area (Å²) in [4.78, 5) is 6.84. The smallest absolute Gasteiger partial charge is 0.448 e. The minimum Gasteiger partial charge on any atom is -0.490 e. The second kappa shape index (κ2) is 7.41. The third-order valence-electron chi connectivity index (χ3n) is 6.72. The fourth-order valence-corrected chi connectivity index (χ4v) is 5.25. The number of nitrogens with zero attached hydrogens (tertiary/aromatic N) is 2. The molecule has 1 unspecified atom stereocenters. The van der Waals surface area contributed by atoms with Crippen LogP contribution in [0.15, 0.2) is 72.5 Å². The number of ether oxygens (including phenoxy) is 3. The minimum absolute atomic E-state index is 0.200. The molecule has 0 saturated heterocycles. The van der Waals surface area contributed by atoms with Gasteiger partial charge in [0, 0.05) is 23.9 Å². The Morgan fingerprint density at radius 3 is 2.32 bits per heavy atom. The molecular weight excluding hydrogens is 445 g/mol. The van der Waals surface area contributed by atoms with Gasteiger partial charge in [-0.3, -0.25) is 0 Å². The fraction of sp³-hybridized carbons (Fsp3) is 0.269. The zero-order chi connectivity index (χ0) is 23.5. The van der Waals surface area contributed by atoms with Crippen LogP contribution < -0.4 is 14.4 Å². The normalized spacial score (nSPS) is 19.6. The molecule has 0 radical (unpaired) electrons. The molecule has 2 aromatic carbocycles. The molecule has 6 rings (SSSR count). The lowest BCUT2D eigenvalue weighted by atomic mass is 9.69. The number of methoxy groups -OCH3 is 1. The Morgan fingerprint density at radius 1 is 1.03 bits per heavy atom. The topological polar surface area (TPSA) is 43.8 Å². The predicted octanol–water partition coefficient (Wildman–Crippen LogP) is 5.50. The summed E-state index contributed by atoms with van der Waals surface area (Å²) < 4.78 is 56.3. The third-order valence-corrected chi connectivity index (χ3v) is 6.72. The fourth-order valence-electron chi connectivity index (χ4n) is 5.25. The number of rotatable bonds is 3. The number of anilines is 2. The molecule has 0 fully saturated rings. The molecule has 3 aliphatic rings. The molecule has 1 aromatic heterocycles. The third kappa shape index (κ3) is 2.97. The number of allylic oxidation sites excluding steroid dienone is 1. The minimum atomic E-state index is -4.48. The van der Waals surface area contributed by atoms with Gasteiger partial charge in [0.2, 0.25) is 5.88 Å². The molecule has 1 atom stereocenters. The maximum absolute atomic E-state index is 13.2. The van der Waals surface area contributed by atoms with E-state index in [4.69, 9.17) is 19.2 Å². The first kappa shape index (κ1) is 20.9. The number of benzene rings is 2. The first-order valence-corrected chi connectivity index (χ1v) is 11.0. The number of pyridine rings is 1. The van der Waals surface area contributed by atoms with Crippen LogP contribution in [0.5, 0.6) is 11.6 Å². The highest BCUT2D eigenvalue weighted by Gasteiger charge is 2.52. The van der Waals surface area contributed by atoms with Crippen molar-refractivity contribution in [3.8, 4) is 11.6 Å². The van der Waals surface area contributed by atoms with E-state index in [1.807, 2.05) is 59.5 Å². The van der Waals surface area contributed by atoms with Crippen LogP contribution >= 0.6 is 0 Å². The van der Waals surface area contributed by atoms with Gasteiger partial charge in [0.1, 0.15) is 29.6 Å². The lowest BCUT2D eigenvalue weighted by molar-refractivity contribution is -0.133. The van der Waals surface area contributed by atoms with Gasteiger partial charge in [-0.1, -0.05) is 36.4 Å². The lowest BCUT2D eigenvalue weighted by Crippen LogP contribution is -2.41. The van der Waals surface area contributed by atoms with Crippen molar-refractivity contribution < 1.29 is 27.4 Å². The Hall–Kier alpha value is -3.68. The van der Waals surface area contributed by atoms with Crippen molar-refractivity contribution in [2.75, 3.05) is 25.2 Å². The summed E-state index contributed by atoms with van der Waals surface area (Å²) >= 11 is 0. The summed E-state index contributed by atoms with van der Waals surface area (Å²) in [5, 5.41) is 0. The summed E-state index contributed by atoms with van der Waals surface area (Å²) in [6.07, 6.45) is -3.76. The van der Waals surface area contributed by atoms with E-state index in [1.165, 1.54) is 0 Å². The molecule has 0 aliphatic carbocycles. The molecule has 5 nitrogen and oxygen atoms in total. The molecule has 34 heavy (non-hydrogen) atoms. The van der Waals surface area contributed by atoms with E-state index in [2.05, 4.69) is 0 Å². The van der Waals surface area contributed by atoms with E-state index in [0.29, 0.717) is 18.2 Å². The molecule has 0 N–H and O–H groups in total. The summed E-state index contributed by atoms with van der Waals surface area (Å²) in [7, 11) is 1.58. The van der Waals surface area contributed by atoms with Gasteiger partial charge in [0.15, 0.2) is 5.76 Å². The molecule has 0 saturated carbocycles. The van der Waals surface area contributed by atoms with Crippen LogP contribution in [0, 0.1) is 0 Å². The second-order valence-electron chi connectivity index (χ2n) is 8.58. The summed E-state index contributed by atoms with van der Waals surface area (Å²) in [6, 6.07) is 19.4. The van der Waals surface area contributed by atoms with Crippen LogP contribution in [0.4, 0.5) is 24.5 Å². The Morgan fingerprint density at radius 2 is 1.71 bits per heavy atom. The van der Waals surface area contributed by atoms with E-state index in [1.54, 1.807) is 13.2 Å². The first-order chi connectivity index (χ1) is 16.4. The van der Waals surface area contributed by atoms with Gasteiger partial charge in [0.25, 0.3) is 0 Å². The van der Waals surface area contributed by atoms with Crippen LogP contribution in [0.1, 0.15) is 23.2 Å². The van der Waals surface area contributed by atoms with E-state index < -0.39 is 23.5 Å². The number of fused-ring (bicyclic) bond motifs is 6. The molecule has 3 aliphatic heterocycles. The SMILES string of the molecule is COc1ccc2c(n1)C1(CO2)c2ccccc2N(CC2CC=C(C(F)(F)F)O2)c2ccccc21. The Balaban J connectivity index is 1.48. The summed E-state index contributed by atoms with van der Waals surface area (Å²) in [5.74, 6) is 0.269. The number of aromatic nitrogens is 1. The first-order valence-electron chi connectivity index (χ1n) is 11.0. The van der Waals surface area contributed by atoms with Crippen LogP contribution in [-0.2, 0) is 10.2 Å². The maximum Gasteiger partial charge on any atom is 0.448 e. The molecule has 0 amide bonds. The Bertz CT molecular complexity index is 1260. The number of para-hydroxylation sites is 2. The van der Waals surface area contributed by atoms with Crippen LogP contribution in [-0.4, -0.2) is 37.5 Å². The largest absolute Gasteiger partial charge is 0.490 e. The lowest BCUT2D eigenvalue weighted by Gasteiger charge is -2.43. The highest BCUT2D eigenvalue weighted by molar-refractivity contribution is 5.81. The van der Waals surface area contributed by atoms with Crippen molar-refractivity contribution in [3.63, 3.8) is 0 Å². The van der Waals surface area contributed by atoms with Crippen molar-refractivity contribution in [1.29, 1.82) is 0 Å². The second-order valence-corrected chi connectivity index (χ2v) is 8.58. The van der Waals surface area contributed by atoms with Crippen molar-refractivity contribution in [2.45, 2.75) is 24.1 Å². The van der Waals surface area contributed by atoms with E-state index in [0.717, 1.165) is 34.3 Å².